The summed E-state index contributed by atoms with van der Waals surface area (Å²) in [6.07, 6.45) is 0. The molecule has 0 radical (unpaired) electrons. The van der Waals surface area contributed by atoms with Crippen LogP contribution in [0.2, 0.25) is 0 Å². The molecule has 0 aromatic carbocycles. The van der Waals surface area contributed by atoms with Gasteiger partial charge in [-0.2, -0.15) is 0 Å². The second-order valence-electron chi connectivity index (χ2n) is 3.61. The summed E-state index contributed by atoms with van der Waals surface area (Å²) in [4.78, 5) is 11.1. The number of thioether (sulfide) groups is 2. The van der Waals surface area contributed by atoms with Gasteiger partial charge in [-0.3, -0.25) is 0 Å². The molecule has 1 fully saturated rings. The van der Waals surface area contributed by atoms with Crippen LogP contribution in [-0.2, 0) is 19.0 Å². The number of rotatable bonds is 5. The average Bonchev–Trinajstić information content (AvgIpc) is 2.35. The van der Waals surface area contributed by atoms with E-state index in [0.29, 0.717) is 37.9 Å². The molecule has 7 heteroatoms. The third kappa shape index (κ3) is 6.75. The topological polar surface area (TPSA) is 44.8 Å². The summed E-state index contributed by atoms with van der Waals surface area (Å²) in [7, 11) is 0. The lowest BCUT2D eigenvalue weighted by Gasteiger charge is -2.21. The van der Waals surface area contributed by atoms with Gasteiger partial charge in [0.2, 0.25) is 0 Å². The van der Waals surface area contributed by atoms with Crippen molar-refractivity contribution in [2.45, 2.75) is 12.2 Å². The molecule has 1 rings (SSSR count). The standard InChI is InChI=1S/C11H16O4S3/c1-8(2)10(12)15-3-4-17-11(16)18-9-5-13-7-14-6-9/h9H,1,3-7H2,2H3. The van der Waals surface area contributed by atoms with Crippen LogP contribution in [0.25, 0.3) is 0 Å². The maximum Gasteiger partial charge on any atom is 0.333 e. The van der Waals surface area contributed by atoms with Gasteiger partial charge in [-0.1, -0.05) is 30.6 Å². The minimum Gasteiger partial charge on any atom is -0.461 e. The number of carbonyl (C=O) groups excluding carboxylic acids is 1. The van der Waals surface area contributed by atoms with Crippen molar-refractivity contribution in [3.05, 3.63) is 12.2 Å². The molecule has 1 aliphatic heterocycles. The Balaban J connectivity index is 2.06. The molecule has 0 aromatic rings. The second-order valence-corrected chi connectivity index (χ2v) is 7.21. The zero-order valence-corrected chi connectivity index (χ0v) is 12.6. The Morgan fingerprint density at radius 1 is 1.50 bits per heavy atom. The molecule has 0 saturated carbocycles. The van der Waals surface area contributed by atoms with Crippen LogP contribution in [-0.4, -0.2) is 47.1 Å². The molecule has 1 saturated heterocycles. The summed E-state index contributed by atoms with van der Waals surface area (Å²) >= 11 is 8.29. The SMILES string of the molecule is C=C(C)C(=O)OCCSC(=S)SC1COCOC1. The molecule has 0 aliphatic carbocycles. The zero-order chi connectivity index (χ0) is 13.4. The van der Waals surface area contributed by atoms with Crippen molar-refractivity contribution >= 4 is 45.2 Å². The molecule has 0 atom stereocenters. The van der Waals surface area contributed by atoms with E-state index >= 15 is 0 Å². The van der Waals surface area contributed by atoms with E-state index in [4.69, 9.17) is 26.4 Å². The molecule has 4 nitrogen and oxygen atoms in total. The normalized spacial score (nSPS) is 16.3. The van der Waals surface area contributed by atoms with Crippen molar-refractivity contribution in [1.82, 2.24) is 0 Å². The van der Waals surface area contributed by atoms with Crippen molar-refractivity contribution in [1.29, 1.82) is 0 Å². The summed E-state index contributed by atoms with van der Waals surface area (Å²) in [5.74, 6) is 0.294. The van der Waals surface area contributed by atoms with Gasteiger partial charge in [-0.05, 0) is 6.92 Å². The molecule has 0 N–H and O–H groups in total. The fourth-order valence-electron chi connectivity index (χ4n) is 1.09. The van der Waals surface area contributed by atoms with Gasteiger partial charge >= 0.3 is 5.97 Å². The number of ether oxygens (including phenoxy) is 3. The summed E-state index contributed by atoms with van der Waals surface area (Å²) in [6.45, 7) is 7.17. The van der Waals surface area contributed by atoms with Crippen molar-refractivity contribution in [2.75, 3.05) is 32.4 Å². The smallest absolute Gasteiger partial charge is 0.333 e. The molecule has 102 valence electrons. The second kappa shape index (κ2) is 8.92. The fraction of sp³-hybridized carbons (Fsp3) is 0.636. The first-order valence-electron chi connectivity index (χ1n) is 5.41. The summed E-state index contributed by atoms with van der Waals surface area (Å²) in [6, 6.07) is 0. The molecule has 0 bridgehead atoms. The van der Waals surface area contributed by atoms with Crippen molar-refractivity contribution in [3.8, 4) is 0 Å². The van der Waals surface area contributed by atoms with E-state index in [0.717, 1.165) is 3.53 Å². The Bertz CT molecular complexity index is 313. The highest BCUT2D eigenvalue weighted by molar-refractivity contribution is 8.47. The highest BCUT2D eigenvalue weighted by atomic mass is 32.2. The molecule has 0 unspecified atom stereocenters. The van der Waals surface area contributed by atoms with E-state index in [1.807, 2.05) is 0 Å². The van der Waals surface area contributed by atoms with Gasteiger partial charge in [0.15, 0.2) is 0 Å². The third-order valence-electron chi connectivity index (χ3n) is 1.92. The van der Waals surface area contributed by atoms with Gasteiger partial charge in [0.25, 0.3) is 0 Å². The van der Waals surface area contributed by atoms with Crippen LogP contribution in [0, 0.1) is 0 Å². The fourth-order valence-corrected chi connectivity index (χ4v) is 3.61. The van der Waals surface area contributed by atoms with E-state index in [9.17, 15) is 4.79 Å². The number of thiocarbonyl (C=S) groups is 1. The summed E-state index contributed by atoms with van der Waals surface area (Å²) < 4.78 is 16.1. The molecule has 0 spiro atoms. The van der Waals surface area contributed by atoms with Crippen LogP contribution in [0.1, 0.15) is 6.92 Å². The summed E-state index contributed by atoms with van der Waals surface area (Å²) in [5.41, 5.74) is 0.411. The van der Waals surface area contributed by atoms with Crippen LogP contribution in [0.5, 0.6) is 0 Å². The van der Waals surface area contributed by atoms with Crippen molar-refractivity contribution in [2.24, 2.45) is 0 Å². The number of hydrogen-bond acceptors (Lipinski definition) is 7. The Morgan fingerprint density at radius 3 is 2.78 bits per heavy atom. The van der Waals surface area contributed by atoms with Gasteiger partial charge in [0, 0.05) is 11.3 Å². The Kier molecular flexibility index (Phi) is 7.92. The van der Waals surface area contributed by atoms with Crippen LogP contribution >= 0.6 is 35.7 Å². The third-order valence-corrected chi connectivity index (χ3v) is 4.61. The van der Waals surface area contributed by atoms with Gasteiger partial charge in [-0.15, -0.1) is 11.8 Å². The lowest BCUT2D eigenvalue weighted by atomic mass is 10.4. The molecular weight excluding hydrogens is 292 g/mol. The molecule has 1 heterocycles. The maximum absolute atomic E-state index is 11.1. The van der Waals surface area contributed by atoms with E-state index in [2.05, 4.69) is 6.58 Å². The molecule has 0 amide bonds. The van der Waals surface area contributed by atoms with Gasteiger partial charge in [0.05, 0.1) is 18.5 Å². The van der Waals surface area contributed by atoms with Gasteiger partial charge < -0.3 is 14.2 Å². The van der Waals surface area contributed by atoms with Crippen LogP contribution in [0.15, 0.2) is 12.2 Å². The maximum atomic E-state index is 11.1. The molecular formula is C11H16O4S3. The Morgan fingerprint density at radius 2 is 2.17 bits per heavy atom. The van der Waals surface area contributed by atoms with Crippen LogP contribution < -0.4 is 0 Å². The lowest BCUT2D eigenvalue weighted by molar-refractivity contribution is -0.138. The van der Waals surface area contributed by atoms with Crippen molar-refractivity contribution in [3.63, 3.8) is 0 Å². The number of esters is 1. The predicted molar refractivity (Wildman–Crippen MR) is 79.0 cm³/mol. The molecule has 18 heavy (non-hydrogen) atoms. The van der Waals surface area contributed by atoms with Gasteiger partial charge in [-0.25, -0.2) is 4.79 Å². The van der Waals surface area contributed by atoms with Gasteiger partial charge in [0.1, 0.15) is 16.9 Å². The first-order chi connectivity index (χ1) is 8.59. The first-order valence-corrected chi connectivity index (χ1v) is 7.68. The van der Waals surface area contributed by atoms with Crippen LogP contribution in [0.3, 0.4) is 0 Å². The lowest BCUT2D eigenvalue weighted by Crippen LogP contribution is -2.27. The molecule has 0 aromatic heterocycles. The van der Waals surface area contributed by atoms with E-state index in [-0.39, 0.29) is 11.2 Å². The first kappa shape index (κ1) is 16.0. The highest BCUT2D eigenvalue weighted by Crippen LogP contribution is 2.24. The Hall–Kier alpha value is -0.0800. The zero-order valence-electron chi connectivity index (χ0n) is 10.2. The Labute approximate surface area is 121 Å². The quantitative estimate of drug-likeness (QED) is 0.334. The van der Waals surface area contributed by atoms with E-state index in [1.165, 1.54) is 11.8 Å². The number of hydrogen-bond donors (Lipinski definition) is 0. The minimum atomic E-state index is -0.358. The predicted octanol–water partition coefficient (Wildman–Crippen LogP) is 2.23. The van der Waals surface area contributed by atoms with E-state index < -0.39 is 0 Å². The van der Waals surface area contributed by atoms with E-state index in [1.54, 1.807) is 18.7 Å². The monoisotopic (exact) mass is 308 g/mol. The molecule has 1 aliphatic rings. The van der Waals surface area contributed by atoms with Crippen LogP contribution in [0.4, 0.5) is 0 Å². The number of carbonyl (C=O) groups is 1. The summed E-state index contributed by atoms with van der Waals surface area (Å²) in [5, 5.41) is 0.261. The largest absolute Gasteiger partial charge is 0.461 e. The average molecular weight is 308 g/mol. The highest BCUT2D eigenvalue weighted by Gasteiger charge is 2.17. The minimum absolute atomic E-state index is 0.261. The van der Waals surface area contributed by atoms with Crippen molar-refractivity contribution < 1.29 is 19.0 Å².